The van der Waals surface area contributed by atoms with E-state index in [1.165, 1.54) is 4.90 Å². The molecular weight excluding hydrogens is 640 g/mol. The summed E-state index contributed by atoms with van der Waals surface area (Å²) in [7, 11) is 0. The second kappa shape index (κ2) is 16.9. The topological polar surface area (TPSA) is 173 Å². The number of hydrogen-bond acceptors (Lipinski definition) is 13. The lowest BCUT2D eigenvalue weighted by molar-refractivity contribution is -0.203. The van der Waals surface area contributed by atoms with Gasteiger partial charge < -0.3 is 38.6 Å². The number of fused-ring (bicyclic) bond motifs is 3. The van der Waals surface area contributed by atoms with Crippen LogP contribution in [0.1, 0.15) is 51.7 Å². The van der Waals surface area contributed by atoms with Crippen LogP contribution in [-0.4, -0.2) is 105 Å². The number of esters is 5. The number of benzene rings is 2. The van der Waals surface area contributed by atoms with Gasteiger partial charge >= 0.3 is 35.9 Å². The average molecular weight is 683 g/mol. The Morgan fingerprint density at radius 2 is 1.16 bits per heavy atom. The van der Waals surface area contributed by atoms with E-state index in [1.807, 2.05) is 48.5 Å². The molecule has 1 heterocycles. The molecule has 1 aliphatic heterocycles. The number of amides is 1. The average Bonchev–Trinajstić information content (AvgIpc) is 3.33. The first-order valence-corrected chi connectivity index (χ1v) is 16.0. The molecule has 0 spiro atoms. The molecule has 0 saturated carbocycles. The summed E-state index contributed by atoms with van der Waals surface area (Å²) in [5.41, 5.74) is 4.16. The molecule has 4 rings (SSSR count). The van der Waals surface area contributed by atoms with E-state index in [1.54, 1.807) is 0 Å². The monoisotopic (exact) mass is 682 g/mol. The molecule has 0 unspecified atom stereocenters. The fraction of sp³-hybridized carbons (Fsp3) is 0.486. The van der Waals surface area contributed by atoms with E-state index in [0.717, 1.165) is 56.9 Å². The molecule has 1 aliphatic carbocycles. The number of rotatable bonds is 15. The summed E-state index contributed by atoms with van der Waals surface area (Å²) in [5, 5.41) is 3.15. The van der Waals surface area contributed by atoms with Gasteiger partial charge in [0.15, 0.2) is 24.4 Å². The Balaban J connectivity index is 1.65. The summed E-state index contributed by atoms with van der Waals surface area (Å²) >= 11 is 0. The van der Waals surface area contributed by atoms with E-state index in [-0.39, 0.29) is 31.5 Å². The molecule has 1 fully saturated rings. The third-order valence-electron chi connectivity index (χ3n) is 8.09. The fourth-order valence-electron chi connectivity index (χ4n) is 6.04. The Bertz CT molecular complexity index is 1490. The SMILES string of the molecule is CC(=O)OC[C@@H](OC(C)=O)[C@@H](OC(C)=O)[C@H](OC(C)=O)[C@H](CN(CC1CNC1)C(=O)OCC1c2ccccc2-c2ccccc21)OC(C)=O. The van der Waals surface area contributed by atoms with Gasteiger partial charge in [-0.1, -0.05) is 48.5 Å². The Kier molecular flexibility index (Phi) is 12.7. The van der Waals surface area contributed by atoms with E-state index in [2.05, 4.69) is 5.32 Å². The summed E-state index contributed by atoms with van der Waals surface area (Å²) in [6, 6.07) is 15.8. The second-order valence-corrected chi connectivity index (χ2v) is 12.0. The highest BCUT2D eigenvalue weighted by Gasteiger charge is 2.45. The Morgan fingerprint density at radius 1 is 0.673 bits per heavy atom. The lowest BCUT2D eigenvalue weighted by atomic mass is 9.98. The van der Waals surface area contributed by atoms with E-state index < -0.39 is 67.0 Å². The standard InChI is InChI=1S/C35H42N2O12/c1-20(38)44-19-32(47-22(3)40)34(49-24(5)42)33(48-23(4)41)31(46-21(2)39)17-37(16-25-14-36-15-25)35(43)45-18-30-28-12-8-6-10-26(28)27-11-7-9-13-29(27)30/h6-13,25,30-34,36H,14-19H2,1-5H3/t31-,32+,33+,34+/m0/s1. The van der Waals surface area contributed by atoms with Crippen LogP contribution in [0.3, 0.4) is 0 Å². The normalized spacial score (nSPS) is 15.9. The lowest BCUT2D eigenvalue weighted by Crippen LogP contribution is -2.57. The third-order valence-corrected chi connectivity index (χ3v) is 8.09. The van der Waals surface area contributed by atoms with Gasteiger partial charge in [-0.25, -0.2) is 4.79 Å². The molecule has 2 aromatic carbocycles. The molecule has 1 saturated heterocycles. The molecule has 49 heavy (non-hydrogen) atoms. The predicted octanol–water partition coefficient (Wildman–Crippen LogP) is 2.75. The molecular formula is C35H42N2O12. The number of carbonyl (C=O) groups excluding carboxylic acids is 6. The van der Waals surface area contributed by atoms with Gasteiger partial charge in [0.1, 0.15) is 13.2 Å². The predicted molar refractivity (Wildman–Crippen MR) is 172 cm³/mol. The highest BCUT2D eigenvalue weighted by Crippen LogP contribution is 2.44. The van der Waals surface area contributed by atoms with Crippen molar-refractivity contribution in [2.45, 2.75) is 65.0 Å². The number of nitrogens with zero attached hydrogens (tertiary/aromatic N) is 1. The molecule has 14 nitrogen and oxygen atoms in total. The van der Waals surface area contributed by atoms with Crippen LogP contribution in [0.25, 0.3) is 11.1 Å². The first kappa shape index (κ1) is 36.8. The summed E-state index contributed by atoms with van der Waals surface area (Å²) in [4.78, 5) is 76.2. The van der Waals surface area contributed by atoms with Gasteiger partial charge in [0.2, 0.25) is 0 Å². The van der Waals surface area contributed by atoms with Gasteiger partial charge in [0.05, 0.1) is 6.54 Å². The number of ether oxygens (including phenoxy) is 6. The molecule has 0 aromatic heterocycles. The van der Waals surface area contributed by atoms with Crippen molar-refractivity contribution in [3.63, 3.8) is 0 Å². The maximum absolute atomic E-state index is 13.9. The van der Waals surface area contributed by atoms with Crippen molar-refractivity contribution in [1.29, 1.82) is 0 Å². The van der Waals surface area contributed by atoms with Crippen LogP contribution in [0.2, 0.25) is 0 Å². The number of carbonyl (C=O) groups is 6. The van der Waals surface area contributed by atoms with Crippen molar-refractivity contribution in [2.24, 2.45) is 5.92 Å². The first-order valence-electron chi connectivity index (χ1n) is 16.0. The highest BCUT2D eigenvalue weighted by molar-refractivity contribution is 5.79. The van der Waals surface area contributed by atoms with Crippen LogP contribution in [0.4, 0.5) is 4.79 Å². The van der Waals surface area contributed by atoms with Gasteiger partial charge in [-0.15, -0.1) is 0 Å². The van der Waals surface area contributed by atoms with Crippen LogP contribution in [-0.2, 0) is 52.4 Å². The summed E-state index contributed by atoms with van der Waals surface area (Å²) < 4.78 is 33.0. The third kappa shape index (κ3) is 10.0. The van der Waals surface area contributed by atoms with Gasteiger partial charge in [-0.2, -0.15) is 0 Å². The Hall–Kier alpha value is -4.98. The minimum atomic E-state index is -1.62. The van der Waals surface area contributed by atoms with Crippen LogP contribution in [0.5, 0.6) is 0 Å². The molecule has 264 valence electrons. The summed E-state index contributed by atoms with van der Waals surface area (Å²) in [5.74, 6) is -4.26. The zero-order chi connectivity index (χ0) is 35.7. The molecule has 2 aliphatic rings. The lowest BCUT2D eigenvalue weighted by Gasteiger charge is -2.38. The molecule has 0 bridgehead atoms. The van der Waals surface area contributed by atoms with E-state index in [0.29, 0.717) is 13.1 Å². The van der Waals surface area contributed by atoms with Gasteiger partial charge in [-0.05, 0) is 22.3 Å². The van der Waals surface area contributed by atoms with Crippen molar-refractivity contribution >= 4 is 35.9 Å². The van der Waals surface area contributed by atoms with Crippen LogP contribution >= 0.6 is 0 Å². The maximum atomic E-state index is 13.9. The van der Waals surface area contributed by atoms with Crippen molar-refractivity contribution in [2.75, 3.05) is 39.4 Å². The molecule has 1 amide bonds. The summed E-state index contributed by atoms with van der Waals surface area (Å²) in [6.45, 7) is 5.98. The molecule has 2 aromatic rings. The van der Waals surface area contributed by atoms with Crippen molar-refractivity contribution < 1.29 is 57.2 Å². The zero-order valence-electron chi connectivity index (χ0n) is 28.2. The molecule has 1 N–H and O–H groups in total. The maximum Gasteiger partial charge on any atom is 0.409 e. The minimum Gasteiger partial charge on any atom is -0.462 e. The van der Waals surface area contributed by atoms with E-state index >= 15 is 0 Å². The van der Waals surface area contributed by atoms with Gasteiger partial charge in [0.25, 0.3) is 0 Å². The first-order chi connectivity index (χ1) is 23.3. The molecule has 14 heteroatoms. The van der Waals surface area contributed by atoms with Crippen molar-refractivity contribution in [3.05, 3.63) is 59.7 Å². The second-order valence-electron chi connectivity index (χ2n) is 12.0. The van der Waals surface area contributed by atoms with E-state index in [9.17, 15) is 28.8 Å². The van der Waals surface area contributed by atoms with Crippen molar-refractivity contribution in [1.82, 2.24) is 10.2 Å². The Labute approximate surface area is 284 Å². The Morgan fingerprint density at radius 3 is 1.63 bits per heavy atom. The van der Waals surface area contributed by atoms with Gasteiger partial charge in [0, 0.05) is 66.1 Å². The van der Waals surface area contributed by atoms with Crippen molar-refractivity contribution in [3.8, 4) is 11.1 Å². The van der Waals surface area contributed by atoms with Gasteiger partial charge in [-0.3, -0.25) is 24.0 Å². The molecule has 0 radical (unpaired) electrons. The quantitative estimate of drug-likeness (QED) is 0.215. The van der Waals surface area contributed by atoms with Crippen LogP contribution < -0.4 is 5.32 Å². The molecule has 4 atom stereocenters. The van der Waals surface area contributed by atoms with E-state index in [4.69, 9.17) is 28.4 Å². The minimum absolute atomic E-state index is 0.0187. The van der Waals surface area contributed by atoms with Crippen LogP contribution in [0, 0.1) is 5.92 Å². The zero-order valence-corrected chi connectivity index (χ0v) is 28.2. The largest absolute Gasteiger partial charge is 0.462 e. The fourth-order valence-corrected chi connectivity index (χ4v) is 6.04. The van der Waals surface area contributed by atoms with Crippen LogP contribution in [0.15, 0.2) is 48.5 Å². The highest BCUT2D eigenvalue weighted by atomic mass is 16.6. The number of nitrogens with one attached hydrogen (secondary N) is 1. The number of hydrogen-bond donors (Lipinski definition) is 1. The summed E-state index contributed by atoms with van der Waals surface area (Å²) in [6.07, 6.45) is -6.88. The smallest absolute Gasteiger partial charge is 0.409 e.